The fraction of sp³-hybridized carbons (Fsp3) is 0.188. The fourth-order valence-electron chi connectivity index (χ4n) is 5.26. The van der Waals surface area contributed by atoms with Crippen LogP contribution < -0.4 is 10.2 Å². The number of fused-ring (bicyclic) bond motifs is 1. The Kier molecular flexibility index (Phi) is 7.11. The quantitative estimate of drug-likeness (QED) is 0.247. The van der Waals surface area contributed by atoms with Gasteiger partial charge in [-0.05, 0) is 96.4 Å². The number of amides is 1. The van der Waals surface area contributed by atoms with Gasteiger partial charge in [0.15, 0.2) is 5.82 Å². The number of benzene rings is 4. The van der Waals surface area contributed by atoms with Crippen molar-refractivity contribution in [3.63, 3.8) is 0 Å². The maximum atomic E-state index is 14.0. The second kappa shape index (κ2) is 11.0. The van der Waals surface area contributed by atoms with Gasteiger partial charge in [-0.15, -0.1) is 0 Å². The molecular weight excluding hydrogens is 524 g/mol. The number of aromatic hydroxyl groups is 1. The first-order valence-corrected chi connectivity index (χ1v) is 13.4. The van der Waals surface area contributed by atoms with Gasteiger partial charge in [0, 0.05) is 48.9 Å². The second-order valence-electron chi connectivity index (χ2n) is 10.4. The van der Waals surface area contributed by atoms with E-state index in [0.29, 0.717) is 27.8 Å². The number of phenols is 1. The summed E-state index contributed by atoms with van der Waals surface area (Å²) in [4.78, 5) is 17.8. The summed E-state index contributed by atoms with van der Waals surface area (Å²) in [5, 5.41) is 20.7. The Bertz CT molecular complexity index is 1690. The van der Waals surface area contributed by atoms with E-state index in [2.05, 4.69) is 32.4 Å². The number of carbonyl (C=O) groups excluding carboxylic acids is 1. The molecule has 0 spiro atoms. The largest absolute Gasteiger partial charge is 0.508 e. The Hall–Kier alpha value is -4.76. The van der Waals surface area contributed by atoms with Crippen molar-refractivity contribution in [3.05, 3.63) is 107 Å². The molecule has 0 radical (unpaired) electrons. The Morgan fingerprint density at radius 3 is 2.29 bits per heavy atom. The zero-order chi connectivity index (χ0) is 28.5. The van der Waals surface area contributed by atoms with Gasteiger partial charge >= 0.3 is 0 Å². The van der Waals surface area contributed by atoms with Crippen LogP contribution in [-0.2, 0) is 6.42 Å². The third kappa shape index (κ3) is 5.76. The van der Waals surface area contributed by atoms with Crippen LogP contribution in [0.4, 0.5) is 20.3 Å². The van der Waals surface area contributed by atoms with Gasteiger partial charge in [0.1, 0.15) is 17.4 Å². The van der Waals surface area contributed by atoms with Crippen LogP contribution in [0.3, 0.4) is 0 Å². The van der Waals surface area contributed by atoms with Crippen LogP contribution in [0.1, 0.15) is 21.5 Å². The van der Waals surface area contributed by atoms with Crippen molar-refractivity contribution in [1.82, 2.24) is 15.1 Å². The summed E-state index contributed by atoms with van der Waals surface area (Å²) in [7, 11) is 2.11. The number of nitrogens with one attached hydrogen (secondary N) is 2. The number of aromatic nitrogens is 2. The van der Waals surface area contributed by atoms with E-state index in [1.54, 1.807) is 24.3 Å². The van der Waals surface area contributed by atoms with E-state index in [9.17, 15) is 18.7 Å². The molecule has 1 saturated heterocycles. The van der Waals surface area contributed by atoms with E-state index in [0.717, 1.165) is 54.6 Å². The van der Waals surface area contributed by atoms with Gasteiger partial charge in [-0.3, -0.25) is 9.89 Å². The summed E-state index contributed by atoms with van der Waals surface area (Å²) in [6, 6.07) is 21.5. The standard InChI is InChI=1S/C32H29F2N5O2/c1-38-10-12-39(13-11-38)26-6-2-22(3-7-26)32(41)35-31-29-17-23(14-20-15-24(33)18-25(34)16-20)28(19-30(29)36-37-31)21-4-8-27(40)9-5-21/h2-9,15-19,40H,10-14H2,1H3,(H2,35,36,37,41). The summed E-state index contributed by atoms with van der Waals surface area (Å²) in [5.74, 6) is -1.10. The third-order valence-electron chi connectivity index (χ3n) is 7.51. The summed E-state index contributed by atoms with van der Waals surface area (Å²) >= 11 is 0. The fourth-order valence-corrected chi connectivity index (χ4v) is 5.26. The van der Waals surface area contributed by atoms with Gasteiger partial charge in [0.2, 0.25) is 0 Å². The van der Waals surface area contributed by atoms with Crippen LogP contribution in [-0.4, -0.2) is 59.3 Å². The molecule has 5 aromatic rings. The number of aromatic amines is 1. The average Bonchev–Trinajstić information content (AvgIpc) is 3.34. The van der Waals surface area contributed by atoms with Crippen LogP contribution in [0, 0.1) is 11.6 Å². The number of hydrogen-bond acceptors (Lipinski definition) is 5. The molecule has 6 rings (SSSR count). The topological polar surface area (TPSA) is 84.5 Å². The molecule has 2 heterocycles. The van der Waals surface area contributed by atoms with Gasteiger partial charge in [0.05, 0.1) is 5.52 Å². The molecule has 4 aromatic carbocycles. The molecular formula is C32H29F2N5O2. The number of nitrogens with zero attached hydrogens (tertiary/aromatic N) is 3. The Morgan fingerprint density at radius 2 is 1.61 bits per heavy atom. The van der Waals surface area contributed by atoms with Crippen LogP contribution in [0.2, 0.25) is 0 Å². The highest BCUT2D eigenvalue weighted by Crippen LogP contribution is 2.33. The molecule has 1 amide bonds. The molecule has 1 aliphatic heterocycles. The monoisotopic (exact) mass is 553 g/mol. The Balaban J connectivity index is 1.30. The van der Waals surface area contributed by atoms with Crippen LogP contribution in [0.15, 0.2) is 78.9 Å². The first-order chi connectivity index (χ1) is 19.8. The van der Waals surface area contributed by atoms with Gasteiger partial charge in [-0.2, -0.15) is 5.10 Å². The molecule has 0 atom stereocenters. The highest BCUT2D eigenvalue weighted by atomic mass is 19.1. The van der Waals surface area contributed by atoms with Crippen molar-refractivity contribution in [3.8, 4) is 16.9 Å². The van der Waals surface area contributed by atoms with Crippen LogP contribution in [0.5, 0.6) is 5.75 Å². The number of H-pyrrole nitrogens is 1. The van der Waals surface area contributed by atoms with Gasteiger partial charge in [-0.25, -0.2) is 8.78 Å². The molecule has 0 unspecified atom stereocenters. The molecule has 1 fully saturated rings. The van der Waals surface area contributed by atoms with E-state index in [1.165, 1.54) is 12.1 Å². The lowest BCUT2D eigenvalue weighted by Crippen LogP contribution is -2.44. The van der Waals surface area contributed by atoms with E-state index in [-0.39, 0.29) is 18.1 Å². The van der Waals surface area contributed by atoms with Crippen molar-refractivity contribution in [2.45, 2.75) is 6.42 Å². The number of hydrogen-bond donors (Lipinski definition) is 3. The first kappa shape index (κ1) is 26.5. The van der Waals surface area contributed by atoms with Gasteiger partial charge in [0.25, 0.3) is 5.91 Å². The molecule has 41 heavy (non-hydrogen) atoms. The maximum absolute atomic E-state index is 14.0. The van der Waals surface area contributed by atoms with Crippen molar-refractivity contribution in [2.75, 3.05) is 43.4 Å². The number of anilines is 2. The maximum Gasteiger partial charge on any atom is 0.256 e. The van der Waals surface area contributed by atoms with Crippen LogP contribution in [0.25, 0.3) is 22.0 Å². The molecule has 9 heteroatoms. The van der Waals surface area contributed by atoms with Crippen molar-refractivity contribution >= 4 is 28.3 Å². The second-order valence-corrected chi connectivity index (χ2v) is 10.4. The lowest BCUT2D eigenvalue weighted by atomic mass is 9.93. The van der Waals surface area contributed by atoms with Gasteiger partial charge < -0.3 is 20.2 Å². The van der Waals surface area contributed by atoms with E-state index < -0.39 is 11.6 Å². The predicted octanol–water partition coefficient (Wildman–Crippen LogP) is 5.81. The summed E-state index contributed by atoms with van der Waals surface area (Å²) in [6.07, 6.45) is 0.243. The molecule has 1 aromatic heterocycles. The third-order valence-corrected chi connectivity index (χ3v) is 7.51. The smallest absolute Gasteiger partial charge is 0.256 e. The minimum Gasteiger partial charge on any atom is -0.508 e. The number of phenolic OH excluding ortho intramolecular Hbond substituents is 1. The normalized spacial score (nSPS) is 14.0. The van der Waals surface area contributed by atoms with Crippen molar-refractivity contribution in [1.29, 1.82) is 0 Å². The van der Waals surface area contributed by atoms with E-state index in [1.807, 2.05) is 36.4 Å². The molecule has 208 valence electrons. The highest BCUT2D eigenvalue weighted by molar-refractivity contribution is 6.08. The predicted molar refractivity (Wildman–Crippen MR) is 156 cm³/mol. The highest BCUT2D eigenvalue weighted by Gasteiger charge is 2.18. The summed E-state index contributed by atoms with van der Waals surface area (Å²) < 4.78 is 28.0. The van der Waals surface area contributed by atoms with Gasteiger partial charge in [-0.1, -0.05) is 12.1 Å². The molecule has 0 aliphatic carbocycles. The minimum atomic E-state index is -0.651. The zero-order valence-electron chi connectivity index (χ0n) is 22.5. The lowest BCUT2D eigenvalue weighted by molar-refractivity contribution is 0.102. The molecule has 7 nitrogen and oxygen atoms in total. The molecule has 3 N–H and O–H groups in total. The number of piperazine rings is 1. The molecule has 0 bridgehead atoms. The van der Waals surface area contributed by atoms with Crippen molar-refractivity contribution < 1.29 is 18.7 Å². The zero-order valence-corrected chi connectivity index (χ0v) is 22.5. The SMILES string of the molecule is CN1CCN(c2ccc(C(=O)Nc3n[nH]c4cc(-c5ccc(O)cc5)c(Cc5cc(F)cc(F)c5)cc34)cc2)CC1. The van der Waals surface area contributed by atoms with E-state index in [4.69, 9.17) is 0 Å². The number of halogens is 2. The molecule has 1 aliphatic rings. The molecule has 0 saturated carbocycles. The summed E-state index contributed by atoms with van der Waals surface area (Å²) in [6.45, 7) is 3.88. The first-order valence-electron chi connectivity index (χ1n) is 13.4. The average molecular weight is 554 g/mol. The van der Waals surface area contributed by atoms with Crippen LogP contribution >= 0.6 is 0 Å². The minimum absolute atomic E-state index is 0.131. The Labute approximate surface area is 236 Å². The Morgan fingerprint density at radius 1 is 0.927 bits per heavy atom. The van der Waals surface area contributed by atoms with Crippen molar-refractivity contribution in [2.24, 2.45) is 0 Å². The number of carbonyl (C=O) groups is 1. The lowest BCUT2D eigenvalue weighted by Gasteiger charge is -2.34. The number of likely N-dealkylation sites (N-methyl/N-ethyl adjacent to an activating group) is 1. The summed E-state index contributed by atoms with van der Waals surface area (Å²) in [5.41, 5.74) is 5.15. The van der Waals surface area contributed by atoms with E-state index >= 15 is 0 Å². The number of rotatable bonds is 6.